The lowest BCUT2D eigenvalue weighted by atomic mass is 9.86. The highest BCUT2D eigenvalue weighted by molar-refractivity contribution is 7.87. The Morgan fingerprint density at radius 2 is 1.26 bits per heavy atom. The van der Waals surface area contributed by atoms with Crippen molar-refractivity contribution in [2.45, 2.75) is 33.2 Å². The third-order valence-electron chi connectivity index (χ3n) is 6.85. The molecule has 0 heterocycles. The van der Waals surface area contributed by atoms with Gasteiger partial charge in [0, 0.05) is 40.2 Å². The highest BCUT2D eigenvalue weighted by atomic mass is 31.2. The second-order valence-electron chi connectivity index (χ2n) is 10.7. The van der Waals surface area contributed by atoms with Gasteiger partial charge in [0.2, 0.25) is 0 Å². The Morgan fingerprint density at radius 1 is 0.821 bits per heavy atom. The normalized spacial score (nSPS) is 12.4. The average molecular weight is 538 g/mol. The molecule has 0 spiro atoms. The highest BCUT2D eigenvalue weighted by Gasteiger charge is 2.30. The Morgan fingerprint density at radius 3 is 1.64 bits per heavy atom. The van der Waals surface area contributed by atoms with Gasteiger partial charge in [-0.3, -0.25) is 14.9 Å². The van der Waals surface area contributed by atoms with Gasteiger partial charge in [-0.05, 0) is 11.0 Å². The van der Waals surface area contributed by atoms with Crippen molar-refractivity contribution in [3.63, 3.8) is 0 Å². The van der Waals surface area contributed by atoms with Gasteiger partial charge >= 0.3 is 0 Å². The van der Waals surface area contributed by atoms with Gasteiger partial charge in [0.15, 0.2) is 0 Å². The van der Waals surface area contributed by atoms with Crippen LogP contribution in [0.1, 0.15) is 26.3 Å². The molecule has 5 nitrogen and oxygen atoms in total. The van der Waals surface area contributed by atoms with E-state index in [1.165, 1.54) is 28.0 Å². The molecule has 200 valence electrons. The summed E-state index contributed by atoms with van der Waals surface area (Å²) in [6.45, 7) is 11.5. The number of hydrogen-bond acceptors (Lipinski definition) is 4. The third kappa shape index (κ3) is 6.74. The van der Waals surface area contributed by atoms with E-state index in [1.807, 2.05) is 0 Å². The van der Waals surface area contributed by atoms with Gasteiger partial charge in [0.1, 0.15) is 0 Å². The molecule has 4 rings (SSSR count). The smallest absolute Gasteiger partial charge is 0.269 e. The Labute approximate surface area is 231 Å². The molecule has 39 heavy (non-hydrogen) atoms. The van der Waals surface area contributed by atoms with E-state index in [0.717, 1.165) is 11.3 Å². The van der Waals surface area contributed by atoms with Crippen LogP contribution in [0.4, 0.5) is 5.69 Å². The molecule has 0 radical (unpaired) electrons. The van der Waals surface area contributed by atoms with E-state index < -0.39 is 7.05 Å². The molecule has 0 aliphatic carbocycles. The van der Waals surface area contributed by atoms with Crippen molar-refractivity contribution in [1.29, 1.82) is 0 Å². The second kappa shape index (κ2) is 12.3. The number of nitro benzene ring substituents is 1. The number of nitrogens with one attached hydrogen (secondary N) is 1. The molecule has 1 N–H and O–H groups in total. The molecule has 6 heteroatoms. The number of benzene rings is 4. The first-order valence-corrected chi connectivity index (χ1v) is 14.9. The van der Waals surface area contributed by atoms with Crippen molar-refractivity contribution in [2.75, 3.05) is 6.54 Å². The van der Waals surface area contributed by atoms with Crippen LogP contribution in [0, 0.1) is 15.5 Å². The molecular formula is C33H36N3O2P. The number of allylic oxidation sites excluding steroid dienone is 1. The van der Waals surface area contributed by atoms with Crippen LogP contribution in [0.2, 0.25) is 0 Å². The topological polar surface area (TPSA) is 67.5 Å². The predicted octanol–water partition coefficient (Wildman–Crippen LogP) is 6.83. The number of hydrogen-bond donors (Lipinski definition) is 1. The van der Waals surface area contributed by atoms with Gasteiger partial charge in [-0.15, -0.1) is 0 Å². The molecule has 4 aromatic rings. The monoisotopic (exact) mass is 537 g/mol. The van der Waals surface area contributed by atoms with Gasteiger partial charge < -0.3 is 5.32 Å². The first-order valence-electron chi connectivity index (χ1n) is 13.1. The quantitative estimate of drug-likeness (QED) is 0.137. The summed E-state index contributed by atoms with van der Waals surface area (Å²) in [6.07, 6.45) is 0.584. The fourth-order valence-electron chi connectivity index (χ4n) is 4.64. The lowest BCUT2D eigenvalue weighted by molar-refractivity contribution is -0.384. The minimum absolute atomic E-state index is 0.0264. The first-order chi connectivity index (χ1) is 18.7. The summed E-state index contributed by atoms with van der Waals surface area (Å²) in [5, 5.41) is 18.4. The van der Waals surface area contributed by atoms with Crippen LogP contribution in [-0.4, -0.2) is 17.5 Å². The van der Waals surface area contributed by atoms with Crippen molar-refractivity contribution < 1.29 is 4.92 Å². The highest BCUT2D eigenvalue weighted by Crippen LogP contribution is 2.46. The van der Waals surface area contributed by atoms with E-state index in [2.05, 4.69) is 124 Å². The molecular weight excluding hydrogens is 501 g/mol. The van der Waals surface area contributed by atoms with Crippen molar-refractivity contribution in [3.05, 3.63) is 143 Å². The van der Waals surface area contributed by atoms with Crippen molar-refractivity contribution in [2.24, 2.45) is 10.2 Å². The minimum atomic E-state index is -2.31. The van der Waals surface area contributed by atoms with Gasteiger partial charge in [0.25, 0.3) is 5.69 Å². The van der Waals surface area contributed by atoms with Crippen LogP contribution in [0.3, 0.4) is 0 Å². The Kier molecular flexibility index (Phi) is 8.83. The Balaban J connectivity index is 1.73. The van der Waals surface area contributed by atoms with E-state index in [0.29, 0.717) is 13.0 Å². The zero-order valence-electron chi connectivity index (χ0n) is 22.8. The van der Waals surface area contributed by atoms with Crippen LogP contribution in [0.5, 0.6) is 0 Å². The molecule has 0 aliphatic rings. The molecule has 0 fully saturated rings. The predicted molar refractivity (Wildman–Crippen MR) is 165 cm³/mol. The van der Waals surface area contributed by atoms with E-state index in [1.54, 1.807) is 12.1 Å². The molecule has 0 saturated carbocycles. The molecule has 0 bridgehead atoms. The van der Waals surface area contributed by atoms with Crippen LogP contribution < -0.4 is 21.2 Å². The lowest BCUT2D eigenvalue weighted by Gasteiger charge is -2.34. The molecule has 0 unspecified atom stereocenters. The summed E-state index contributed by atoms with van der Waals surface area (Å²) in [5.41, 5.74) is 1.83. The number of rotatable bonds is 10. The summed E-state index contributed by atoms with van der Waals surface area (Å²) in [5.74, 6) is 0. The van der Waals surface area contributed by atoms with Crippen LogP contribution in [0.15, 0.2) is 132 Å². The summed E-state index contributed by atoms with van der Waals surface area (Å²) in [6, 6.07) is 38.6. The summed E-state index contributed by atoms with van der Waals surface area (Å²) in [4.78, 5) is 10.6. The number of non-ortho nitro benzene ring substituents is 1. The summed E-state index contributed by atoms with van der Waals surface area (Å²) < 4.78 is 5.66. The fraction of sp³-hybridized carbons (Fsp3) is 0.212. The number of nitrogens with zero attached hydrogens (tertiary/aromatic N) is 2. The van der Waals surface area contributed by atoms with Gasteiger partial charge in [-0.1, -0.05) is 130 Å². The second-order valence-corrected chi connectivity index (χ2v) is 13.8. The van der Waals surface area contributed by atoms with Gasteiger partial charge in [0.05, 0.1) is 24.6 Å². The lowest BCUT2D eigenvalue weighted by Crippen LogP contribution is -2.42. The van der Waals surface area contributed by atoms with Gasteiger partial charge in [-0.25, -0.2) is 0 Å². The zero-order valence-corrected chi connectivity index (χ0v) is 23.7. The molecule has 0 amide bonds. The molecule has 0 saturated heterocycles. The maximum absolute atomic E-state index is 11.0. The van der Waals surface area contributed by atoms with Crippen LogP contribution in [-0.2, 0) is 6.42 Å². The van der Waals surface area contributed by atoms with Crippen LogP contribution in [0.25, 0.3) is 0 Å². The molecule has 1 atom stereocenters. The number of nitro groups is 1. The fourth-order valence-corrected chi connectivity index (χ4v) is 8.25. The van der Waals surface area contributed by atoms with Crippen molar-refractivity contribution in [1.82, 2.24) is 5.32 Å². The first kappa shape index (κ1) is 28.1. The maximum atomic E-state index is 11.0. The Bertz CT molecular complexity index is 1340. The van der Waals surface area contributed by atoms with Crippen LogP contribution >= 0.6 is 7.05 Å². The maximum Gasteiger partial charge on any atom is 0.269 e. The molecule has 4 aromatic carbocycles. The van der Waals surface area contributed by atoms with Crippen molar-refractivity contribution >= 4 is 28.7 Å². The van der Waals surface area contributed by atoms with Crippen molar-refractivity contribution in [3.8, 4) is 0 Å². The standard InChI is InChI=1S/C33H36N3O2P/c1-26(24-27-20-22-28(23-21-27)36(37)38)35-32(33(2,3)4)25-34-39(29-14-8-5-9-15-29,30-16-10-6-11-17-30)31-18-12-7-13-19-31/h5-23,32,35H,1,24-25H2,2-4H3/t32-/m1/s1. The summed E-state index contributed by atoms with van der Waals surface area (Å²) in [7, 11) is -2.31. The molecule has 0 aromatic heterocycles. The zero-order chi connectivity index (χ0) is 27.9. The van der Waals surface area contributed by atoms with E-state index >= 15 is 0 Å². The van der Waals surface area contributed by atoms with E-state index in [9.17, 15) is 10.1 Å². The molecule has 0 aliphatic heterocycles. The average Bonchev–Trinajstić information content (AvgIpc) is 2.94. The Hall–Kier alpha value is -3.95. The van der Waals surface area contributed by atoms with E-state index in [4.69, 9.17) is 4.74 Å². The van der Waals surface area contributed by atoms with Gasteiger partial charge in [-0.2, -0.15) is 0 Å². The summed E-state index contributed by atoms with van der Waals surface area (Å²) >= 11 is 0. The third-order valence-corrected chi connectivity index (χ3v) is 10.6. The van der Waals surface area contributed by atoms with E-state index in [-0.39, 0.29) is 22.1 Å². The minimum Gasteiger partial charge on any atom is -0.383 e. The largest absolute Gasteiger partial charge is 0.383 e. The SMILES string of the molecule is C=C(Cc1ccc([N+](=O)[O-])cc1)N[C@H](CN=P(c1ccccc1)(c1ccccc1)c1ccccc1)C(C)(C)C.